The van der Waals surface area contributed by atoms with E-state index in [0.717, 1.165) is 18.2 Å². The Morgan fingerprint density at radius 2 is 2.05 bits per heavy atom. The Morgan fingerprint density at radius 1 is 1.38 bits per heavy atom. The number of aromatic amines is 1. The van der Waals surface area contributed by atoms with E-state index in [1.165, 1.54) is 0 Å². The third kappa shape index (κ3) is 2.87. The van der Waals surface area contributed by atoms with E-state index in [4.69, 9.17) is 5.11 Å². The number of rotatable bonds is 4. The van der Waals surface area contributed by atoms with E-state index < -0.39 is 27.4 Å². The van der Waals surface area contributed by atoms with Crippen molar-refractivity contribution in [3.8, 4) is 0 Å². The molecule has 0 aliphatic heterocycles. The number of aromatic nitrogens is 2. The fourth-order valence-electron chi connectivity index (χ4n) is 1.73. The summed E-state index contributed by atoms with van der Waals surface area (Å²) >= 11 is 0. The van der Waals surface area contributed by atoms with Crippen molar-refractivity contribution in [1.29, 1.82) is 0 Å². The van der Waals surface area contributed by atoms with Crippen LogP contribution in [0.1, 0.15) is 21.7 Å². The highest BCUT2D eigenvalue weighted by molar-refractivity contribution is 7.92. The van der Waals surface area contributed by atoms with Crippen LogP contribution in [0.5, 0.6) is 0 Å². The molecule has 0 spiro atoms. The number of nitrogens with one attached hydrogen (secondary N) is 2. The van der Waals surface area contributed by atoms with Gasteiger partial charge in [-0.1, -0.05) is 0 Å². The van der Waals surface area contributed by atoms with Gasteiger partial charge in [-0.05, 0) is 32.0 Å². The average Bonchev–Trinajstić information content (AvgIpc) is 2.70. The number of nitrogens with zero attached hydrogens (tertiary/aromatic N) is 1. The molecule has 2 rings (SSSR count). The molecule has 0 radical (unpaired) electrons. The molecule has 0 aliphatic carbocycles. The summed E-state index contributed by atoms with van der Waals surface area (Å²) in [5.74, 6) is -2.54. The lowest BCUT2D eigenvalue weighted by Crippen LogP contribution is -2.15. The number of carboxylic acid groups (broad SMARTS) is 1. The first kappa shape index (κ1) is 15.0. The maximum Gasteiger partial charge on any atom is 0.338 e. The van der Waals surface area contributed by atoms with Crippen LogP contribution < -0.4 is 4.72 Å². The van der Waals surface area contributed by atoms with E-state index in [-0.39, 0.29) is 10.6 Å². The summed E-state index contributed by atoms with van der Waals surface area (Å²) < 4.78 is 40.0. The second-order valence-electron chi connectivity index (χ2n) is 4.36. The van der Waals surface area contributed by atoms with Gasteiger partial charge in [-0.15, -0.1) is 0 Å². The van der Waals surface area contributed by atoms with Crippen LogP contribution in [0, 0.1) is 19.7 Å². The average molecular weight is 313 g/mol. The molecule has 0 fully saturated rings. The summed E-state index contributed by atoms with van der Waals surface area (Å²) in [6, 6.07) is 2.56. The molecule has 0 saturated carbocycles. The molecule has 7 nitrogen and oxygen atoms in total. The lowest BCUT2D eigenvalue weighted by molar-refractivity contribution is 0.0691. The Labute approximate surface area is 119 Å². The van der Waals surface area contributed by atoms with Crippen LogP contribution in [0.3, 0.4) is 0 Å². The van der Waals surface area contributed by atoms with E-state index in [1.54, 1.807) is 13.8 Å². The first-order valence-corrected chi connectivity index (χ1v) is 7.28. The van der Waals surface area contributed by atoms with Crippen LogP contribution in [0.2, 0.25) is 0 Å². The molecule has 0 saturated heterocycles. The second kappa shape index (κ2) is 5.17. The number of halogens is 1. The van der Waals surface area contributed by atoms with Crippen LogP contribution >= 0.6 is 0 Å². The van der Waals surface area contributed by atoms with E-state index in [1.807, 2.05) is 0 Å². The maximum absolute atomic E-state index is 13.3. The summed E-state index contributed by atoms with van der Waals surface area (Å²) in [6.45, 7) is 3.24. The Balaban J connectivity index is 2.45. The zero-order valence-corrected chi connectivity index (χ0v) is 12.0. The van der Waals surface area contributed by atoms with Crippen molar-refractivity contribution in [3.63, 3.8) is 0 Å². The van der Waals surface area contributed by atoms with E-state index in [9.17, 15) is 17.6 Å². The number of sulfonamides is 1. The molecule has 0 amide bonds. The smallest absolute Gasteiger partial charge is 0.338 e. The standard InChI is InChI=1S/C12H12FN3O4S/c1-6-11(7(2)15-14-6)16-21(19,20)8-3-4-10(13)9(5-8)12(17)18/h3-5,16H,1-2H3,(H,14,15)(H,17,18). The molecule has 9 heteroatoms. The van der Waals surface area contributed by atoms with Gasteiger partial charge in [0.15, 0.2) is 0 Å². The van der Waals surface area contributed by atoms with Crippen LogP contribution in [0.4, 0.5) is 10.1 Å². The van der Waals surface area contributed by atoms with Crippen molar-refractivity contribution in [2.45, 2.75) is 18.7 Å². The van der Waals surface area contributed by atoms with Crippen molar-refractivity contribution < 1.29 is 22.7 Å². The summed E-state index contributed by atoms with van der Waals surface area (Å²) in [4.78, 5) is 10.5. The van der Waals surface area contributed by atoms with Crippen molar-refractivity contribution in [2.24, 2.45) is 0 Å². The van der Waals surface area contributed by atoms with E-state index >= 15 is 0 Å². The molecule has 0 aliphatic rings. The summed E-state index contributed by atoms with van der Waals surface area (Å²) in [7, 11) is -4.04. The Bertz CT molecular complexity index is 794. The highest BCUT2D eigenvalue weighted by Crippen LogP contribution is 2.22. The number of aromatic carboxylic acids is 1. The molecule has 1 aromatic heterocycles. The topological polar surface area (TPSA) is 112 Å². The molecule has 2 aromatic rings. The molecule has 0 bridgehead atoms. The lowest BCUT2D eigenvalue weighted by atomic mass is 10.2. The number of H-pyrrole nitrogens is 1. The number of benzene rings is 1. The first-order chi connectivity index (χ1) is 9.72. The number of anilines is 1. The number of hydrogen-bond donors (Lipinski definition) is 3. The minimum atomic E-state index is -4.04. The van der Waals surface area contributed by atoms with E-state index in [0.29, 0.717) is 11.4 Å². The molecule has 1 aromatic carbocycles. The molecule has 1 heterocycles. The largest absolute Gasteiger partial charge is 0.478 e. The van der Waals surface area contributed by atoms with Gasteiger partial charge in [0, 0.05) is 0 Å². The van der Waals surface area contributed by atoms with Crippen molar-refractivity contribution in [3.05, 3.63) is 41.0 Å². The minimum absolute atomic E-state index is 0.274. The molecule has 21 heavy (non-hydrogen) atoms. The van der Waals surface area contributed by atoms with Gasteiger partial charge in [0.05, 0.1) is 27.5 Å². The van der Waals surface area contributed by atoms with Gasteiger partial charge in [-0.25, -0.2) is 17.6 Å². The molecule has 0 unspecified atom stereocenters. The molecule has 112 valence electrons. The Kier molecular flexibility index (Phi) is 3.69. The predicted octanol–water partition coefficient (Wildman–Crippen LogP) is 1.66. The summed E-state index contributed by atoms with van der Waals surface area (Å²) in [5.41, 5.74) is 0.517. The number of carboxylic acids is 1. The lowest BCUT2D eigenvalue weighted by Gasteiger charge is -2.09. The zero-order valence-electron chi connectivity index (χ0n) is 11.1. The quantitative estimate of drug-likeness (QED) is 0.794. The molecule has 3 N–H and O–H groups in total. The molecular weight excluding hydrogens is 301 g/mol. The fraction of sp³-hybridized carbons (Fsp3) is 0.167. The first-order valence-electron chi connectivity index (χ1n) is 5.79. The molecule has 0 atom stereocenters. The monoisotopic (exact) mass is 313 g/mol. The van der Waals surface area contributed by atoms with Gasteiger partial charge < -0.3 is 5.11 Å². The van der Waals surface area contributed by atoms with E-state index in [2.05, 4.69) is 14.9 Å². The van der Waals surface area contributed by atoms with Gasteiger partial charge in [-0.2, -0.15) is 5.10 Å². The third-order valence-electron chi connectivity index (χ3n) is 2.84. The van der Waals surface area contributed by atoms with Gasteiger partial charge in [0.1, 0.15) is 5.82 Å². The van der Waals surface area contributed by atoms with Crippen molar-refractivity contribution in [2.75, 3.05) is 4.72 Å². The number of aryl methyl sites for hydroxylation is 2. The normalized spacial score (nSPS) is 11.4. The van der Waals surface area contributed by atoms with Crippen LogP contribution in [0.25, 0.3) is 0 Å². The van der Waals surface area contributed by atoms with Crippen LogP contribution in [-0.4, -0.2) is 29.7 Å². The van der Waals surface area contributed by atoms with Gasteiger partial charge in [0.2, 0.25) is 0 Å². The Morgan fingerprint density at radius 3 is 2.57 bits per heavy atom. The predicted molar refractivity (Wildman–Crippen MR) is 72.2 cm³/mol. The fourth-order valence-corrected chi connectivity index (χ4v) is 2.94. The van der Waals surface area contributed by atoms with Crippen molar-refractivity contribution >= 4 is 21.7 Å². The summed E-state index contributed by atoms with van der Waals surface area (Å²) in [6.07, 6.45) is 0. The third-order valence-corrected chi connectivity index (χ3v) is 4.19. The Hall–Kier alpha value is -2.42. The van der Waals surface area contributed by atoms with Crippen LogP contribution in [0.15, 0.2) is 23.1 Å². The maximum atomic E-state index is 13.3. The summed E-state index contributed by atoms with van der Waals surface area (Å²) in [5, 5.41) is 15.3. The number of carbonyl (C=O) groups is 1. The zero-order chi connectivity index (χ0) is 15.8. The van der Waals surface area contributed by atoms with Gasteiger partial charge in [0.25, 0.3) is 10.0 Å². The van der Waals surface area contributed by atoms with Gasteiger partial charge in [-0.3, -0.25) is 9.82 Å². The second-order valence-corrected chi connectivity index (χ2v) is 6.04. The van der Waals surface area contributed by atoms with Crippen LogP contribution in [-0.2, 0) is 10.0 Å². The van der Waals surface area contributed by atoms with Gasteiger partial charge >= 0.3 is 5.97 Å². The number of hydrogen-bond acceptors (Lipinski definition) is 4. The van der Waals surface area contributed by atoms with Crippen molar-refractivity contribution in [1.82, 2.24) is 10.2 Å². The highest BCUT2D eigenvalue weighted by atomic mass is 32.2. The highest BCUT2D eigenvalue weighted by Gasteiger charge is 2.21. The molecular formula is C12H12FN3O4S. The SMILES string of the molecule is Cc1n[nH]c(C)c1NS(=O)(=O)c1ccc(F)c(C(=O)O)c1. The minimum Gasteiger partial charge on any atom is -0.478 e.